The van der Waals surface area contributed by atoms with Crippen LogP contribution in [0.1, 0.15) is 36.0 Å². The maximum atomic E-state index is 13.5. The largest absolute Gasteiger partial charge is 0.462 e. The standard InChI is InChI=1S/C13H13Cl2FO4S/c14-10-7-11(16)12(21(15,18)19)6-9(10)13(17)20-5-4-8-2-1-3-8/h6-8H,1-5H2. The van der Waals surface area contributed by atoms with Gasteiger partial charge in [-0.1, -0.05) is 30.9 Å². The first kappa shape index (κ1) is 16.5. The predicted molar refractivity (Wildman–Crippen MR) is 76.7 cm³/mol. The molecule has 0 atom stereocenters. The zero-order valence-corrected chi connectivity index (χ0v) is 13.3. The van der Waals surface area contributed by atoms with Crippen molar-refractivity contribution in [1.82, 2.24) is 0 Å². The first-order valence-electron chi connectivity index (χ1n) is 6.40. The fourth-order valence-corrected chi connectivity index (χ4v) is 3.18. The van der Waals surface area contributed by atoms with E-state index in [9.17, 15) is 17.6 Å². The number of ether oxygens (including phenoxy) is 1. The molecule has 1 fully saturated rings. The van der Waals surface area contributed by atoms with E-state index in [-0.39, 0.29) is 17.2 Å². The third kappa shape index (κ3) is 4.08. The Bertz CT molecular complexity index is 656. The van der Waals surface area contributed by atoms with Gasteiger partial charge in [-0.25, -0.2) is 17.6 Å². The Balaban J connectivity index is 2.12. The van der Waals surface area contributed by atoms with Crippen molar-refractivity contribution in [3.63, 3.8) is 0 Å². The fourth-order valence-electron chi connectivity index (χ4n) is 2.05. The highest BCUT2D eigenvalue weighted by molar-refractivity contribution is 8.13. The lowest BCUT2D eigenvalue weighted by Gasteiger charge is -2.24. The minimum absolute atomic E-state index is 0.217. The van der Waals surface area contributed by atoms with E-state index in [1.165, 1.54) is 6.42 Å². The van der Waals surface area contributed by atoms with Gasteiger partial charge in [-0.3, -0.25) is 0 Å². The van der Waals surface area contributed by atoms with E-state index in [4.69, 9.17) is 27.0 Å². The van der Waals surface area contributed by atoms with Crippen LogP contribution in [0, 0.1) is 11.7 Å². The van der Waals surface area contributed by atoms with Crippen molar-refractivity contribution in [2.75, 3.05) is 6.61 Å². The number of carbonyl (C=O) groups excluding carboxylic acids is 1. The zero-order valence-electron chi connectivity index (χ0n) is 10.9. The highest BCUT2D eigenvalue weighted by Crippen LogP contribution is 2.30. The summed E-state index contributed by atoms with van der Waals surface area (Å²) in [4.78, 5) is 11.1. The number of rotatable bonds is 5. The van der Waals surface area contributed by atoms with Gasteiger partial charge < -0.3 is 4.74 Å². The molecule has 1 aliphatic carbocycles. The SMILES string of the molecule is O=C(OCCC1CCC1)c1cc(S(=O)(=O)Cl)c(F)cc1Cl. The molecule has 0 aromatic heterocycles. The van der Waals surface area contributed by atoms with E-state index >= 15 is 0 Å². The average Bonchev–Trinajstić information content (AvgIpc) is 2.30. The van der Waals surface area contributed by atoms with Crippen LogP contribution in [0.25, 0.3) is 0 Å². The molecule has 0 bridgehead atoms. The molecular formula is C13H13Cl2FO4S. The molecule has 2 rings (SSSR count). The number of halogens is 3. The lowest BCUT2D eigenvalue weighted by Crippen LogP contribution is -2.16. The molecule has 0 radical (unpaired) electrons. The maximum absolute atomic E-state index is 13.5. The highest BCUT2D eigenvalue weighted by atomic mass is 35.7. The van der Waals surface area contributed by atoms with Gasteiger partial charge in [-0.15, -0.1) is 0 Å². The Morgan fingerprint density at radius 3 is 2.57 bits per heavy atom. The van der Waals surface area contributed by atoms with Crippen molar-refractivity contribution in [3.8, 4) is 0 Å². The summed E-state index contributed by atoms with van der Waals surface area (Å²) < 4.78 is 41.0. The van der Waals surface area contributed by atoms with Crippen molar-refractivity contribution in [2.45, 2.75) is 30.6 Å². The van der Waals surface area contributed by atoms with Crippen LogP contribution in [0.4, 0.5) is 4.39 Å². The van der Waals surface area contributed by atoms with Crippen LogP contribution < -0.4 is 0 Å². The summed E-state index contributed by atoms with van der Waals surface area (Å²) >= 11 is 5.75. The van der Waals surface area contributed by atoms with Gasteiger partial charge in [0.05, 0.1) is 17.2 Å². The van der Waals surface area contributed by atoms with Crippen LogP contribution >= 0.6 is 22.3 Å². The zero-order chi connectivity index (χ0) is 15.6. The summed E-state index contributed by atoms with van der Waals surface area (Å²) in [7, 11) is 0.798. The molecule has 21 heavy (non-hydrogen) atoms. The van der Waals surface area contributed by atoms with Gasteiger partial charge in [0.2, 0.25) is 0 Å². The smallest absolute Gasteiger partial charge is 0.339 e. The van der Waals surface area contributed by atoms with Crippen LogP contribution in [0.2, 0.25) is 5.02 Å². The molecular weight excluding hydrogens is 342 g/mol. The Morgan fingerprint density at radius 1 is 1.38 bits per heavy atom. The van der Waals surface area contributed by atoms with Gasteiger partial charge >= 0.3 is 5.97 Å². The van der Waals surface area contributed by atoms with E-state index in [0.29, 0.717) is 5.92 Å². The Morgan fingerprint density at radius 2 is 2.05 bits per heavy atom. The number of carbonyl (C=O) groups is 1. The third-order valence-electron chi connectivity index (χ3n) is 3.49. The molecule has 1 saturated carbocycles. The minimum Gasteiger partial charge on any atom is -0.462 e. The van der Waals surface area contributed by atoms with Crippen LogP contribution in [-0.2, 0) is 13.8 Å². The Labute approximate surface area is 131 Å². The normalized spacial score (nSPS) is 15.6. The average molecular weight is 355 g/mol. The van der Waals surface area contributed by atoms with Crippen LogP contribution in [0.3, 0.4) is 0 Å². The molecule has 1 aromatic carbocycles. The monoisotopic (exact) mass is 354 g/mol. The van der Waals surface area contributed by atoms with Crippen molar-refractivity contribution in [3.05, 3.63) is 28.5 Å². The van der Waals surface area contributed by atoms with Gasteiger partial charge in [0.25, 0.3) is 9.05 Å². The van der Waals surface area contributed by atoms with Crippen molar-refractivity contribution >= 4 is 37.3 Å². The molecule has 0 aliphatic heterocycles. The summed E-state index contributed by atoms with van der Waals surface area (Å²) in [5.41, 5.74) is -0.217. The van der Waals surface area contributed by atoms with E-state index < -0.39 is 25.7 Å². The molecule has 0 amide bonds. The quantitative estimate of drug-likeness (QED) is 0.596. The molecule has 0 heterocycles. The van der Waals surface area contributed by atoms with Crippen molar-refractivity contribution in [2.24, 2.45) is 5.92 Å². The molecule has 8 heteroatoms. The maximum Gasteiger partial charge on any atom is 0.339 e. The Kier molecular flexibility index (Phi) is 5.11. The van der Waals surface area contributed by atoms with Gasteiger partial charge in [0, 0.05) is 10.7 Å². The van der Waals surface area contributed by atoms with Gasteiger partial charge in [0.1, 0.15) is 10.7 Å². The van der Waals surface area contributed by atoms with E-state index in [0.717, 1.165) is 31.4 Å². The number of benzene rings is 1. The topological polar surface area (TPSA) is 60.4 Å². The summed E-state index contributed by atoms with van der Waals surface area (Å²) in [6, 6.07) is 1.53. The first-order valence-corrected chi connectivity index (χ1v) is 9.08. The van der Waals surface area contributed by atoms with Gasteiger partial charge in [0.15, 0.2) is 0 Å². The molecule has 4 nitrogen and oxygen atoms in total. The van der Waals surface area contributed by atoms with E-state index in [1.807, 2.05) is 0 Å². The van der Waals surface area contributed by atoms with Gasteiger partial charge in [-0.2, -0.15) is 0 Å². The fraction of sp³-hybridized carbons (Fsp3) is 0.462. The van der Waals surface area contributed by atoms with Crippen LogP contribution in [0.15, 0.2) is 17.0 Å². The number of esters is 1. The second-order valence-electron chi connectivity index (χ2n) is 4.92. The molecule has 0 N–H and O–H groups in total. The molecule has 0 unspecified atom stereocenters. The second kappa shape index (κ2) is 6.50. The molecule has 116 valence electrons. The molecule has 0 saturated heterocycles. The first-order chi connectivity index (χ1) is 9.79. The molecule has 0 spiro atoms. The third-order valence-corrected chi connectivity index (χ3v) is 5.14. The lowest BCUT2D eigenvalue weighted by molar-refractivity contribution is 0.0464. The van der Waals surface area contributed by atoms with Crippen molar-refractivity contribution < 1.29 is 22.3 Å². The lowest BCUT2D eigenvalue weighted by atomic mass is 9.83. The van der Waals surface area contributed by atoms with Crippen molar-refractivity contribution in [1.29, 1.82) is 0 Å². The number of hydrogen-bond acceptors (Lipinski definition) is 4. The summed E-state index contributed by atoms with van der Waals surface area (Å²) in [6.45, 7) is 0.222. The van der Waals surface area contributed by atoms with E-state index in [2.05, 4.69) is 0 Å². The molecule has 1 aromatic rings. The Hall–Kier alpha value is -0.850. The minimum atomic E-state index is -4.30. The van der Waals surface area contributed by atoms with E-state index in [1.54, 1.807) is 0 Å². The second-order valence-corrected chi connectivity index (χ2v) is 7.86. The highest BCUT2D eigenvalue weighted by Gasteiger charge is 2.23. The summed E-state index contributed by atoms with van der Waals surface area (Å²) in [6.07, 6.45) is 4.21. The number of hydrogen-bond donors (Lipinski definition) is 0. The summed E-state index contributed by atoms with van der Waals surface area (Å²) in [5, 5.41) is -0.217. The van der Waals surface area contributed by atoms with Crippen LogP contribution in [0.5, 0.6) is 0 Å². The van der Waals surface area contributed by atoms with Crippen LogP contribution in [-0.4, -0.2) is 21.0 Å². The van der Waals surface area contributed by atoms with Gasteiger partial charge in [-0.05, 0) is 24.5 Å². The molecule has 1 aliphatic rings. The summed E-state index contributed by atoms with van der Waals surface area (Å²) in [5.74, 6) is -1.33. The predicted octanol–water partition coefficient (Wildman–Crippen LogP) is 3.75.